The number of rotatable bonds is 8. The number of halogens is 1. The van der Waals surface area contributed by atoms with Crippen LogP contribution in [0.25, 0.3) is 11.1 Å². The van der Waals surface area contributed by atoms with Gasteiger partial charge in [-0.15, -0.1) is 0 Å². The van der Waals surface area contributed by atoms with Gasteiger partial charge >= 0.3 is 6.09 Å². The summed E-state index contributed by atoms with van der Waals surface area (Å²) in [7, 11) is 0. The Balaban J connectivity index is 1.30. The predicted octanol–water partition coefficient (Wildman–Crippen LogP) is 4.78. The van der Waals surface area contributed by atoms with Crippen molar-refractivity contribution in [1.82, 2.24) is 5.32 Å². The van der Waals surface area contributed by atoms with Crippen LogP contribution in [0.1, 0.15) is 46.3 Å². The van der Waals surface area contributed by atoms with Gasteiger partial charge in [0.15, 0.2) is 0 Å². The first-order valence-electron chi connectivity index (χ1n) is 11.1. The largest absolute Gasteiger partial charge is 0.449 e. The van der Waals surface area contributed by atoms with Gasteiger partial charge in [-0.1, -0.05) is 70.5 Å². The lowest BCUT2D eigenvalue weighted by Gasteiger charge is -2.21. The lowest BCUT2D eigenvalue weighted by Crippen LogP contribution is -2.31. The second-order valence-corrected chi connectivity index (χ2v) is 8.77. The van der Waals surface area contributed by atoms with E-state index in [1.54, 1.807) is 18.2 Å². The van der Waals surface area contributed by atoms with Crippen molar-refractivity contribution in [3.63, 3.8) is 0 Å². The van der Waals surface area contributed by atoms with Crippen molar-refractivity contribution in [3.8, 4) is 17.2 Å². The molecule has 3 N–H and O–H groups in total. The fourth-order valence-corrected chi connectivity index (χ4v) is 4.91. The SMILES string of the molecule is N#Cc1ccc(CBr)c(C(O)C(O)CCNC(=O)OCC2c3ccccc3-c3ccccc32)c1. The number of ether oxygens (including phenoxy) is 1. The van der Waals surface area contributed by atoms with Gasteiger partial charge in [0.2, 0.25) is 0 Å². The molecule has 0 saturated carbocycles. The highest BCUT2D eigenvalue weighted by atomic mass is 79.9. The number of carbonyl (C=O) groups excluding carboxylic acids is 1. The topological polar surface area (TPSA) is 103 Å². The monoisotopic (exact) mass is 520 g/mol. The van der Waals surface area contributed by atoms with Crippen molar-refractivity contribution >= 4 is 22.0 Å². The summed E-state index contributed by atoms with van der Waals surface area (Å²) in [5.74, 6) is -0.0272. The Bertz CT molecular complexity index is 1180. The number of amides is 1. The Hall–Kier alpha value is -3.18. The molecular weight excluding hydrogens is 496 g/mol. The van der Waals surface area contributed by atoms with Crippen molar-refractivity contribution in [1.29, 1.82) is 5.26 Å². The van der Waals surface area contributed by atoms with Crippen LogP contribution >= 0.6 is 15.9 Å². The van der Waals surface area contributed by atoms with Gasteiger partial charge in [-0.3, -0.25) is 0 Å². The molecule has 0 aliphatic heterocycles. The highest BCUT2D eigenvalue weighted by Gasteiger charge is 2.29. The molecule has 2 atom stereocenters. The molecule has 6 nitrogen and oxygen atoms in total. The Morgan fingerprint density at radius 3 is 2.32 bits per heavy atom. The molecule has 7 heteroatoms. The van der Waals surface area contributed by atoms with Gasteiger partial charge in [-0.05, 0) is 51.9 Å². The summed E-state index contributed by atoms with van der Waals surface area (Å²) in [6.45, 7) is 0.344. The molecule has 3 aromatic carbocycles. The molecule has 2 unspecified atom stereocenters. The molecule has 1 aliphatic carbocycles. The number of hydrogen-bond donors (Lipinski definition) is 3. The third-order valence-electron chi connectivity index (χ3n) is 6.16. The fourth-order valence-electron chi connectivity index (χ4n) is 4.40. The van der Waals surface area contributed by atoms with Gasteiger partial charge in [0.05, 0.1) is 17.7 Å². The number of alkyl halides is 1. The normalized spacial score (nSPS) is 13.9. The van der Waals surface area contributed by atoms with E-state index >= 15 is 0 Å². The fraction of sp³-hybridized carbons (Fsp3) is 0.259. The van der Waals surface area contributed by atoms with Crippen molar-refractivity contribution in [2.45, 2.75) is 29.9 Å². The minimum absolute atomic E-state index is 0.0272. The molecule has 3 aromatic rings. The second-order valence-electron chi connectivity index (χ2n) is 8.21. The molecular formula is C27H25BrN2O4. The Labute approximate surface area is 206 Å². The number of aliphatic hydroxyl groups excluding tert-OH is 2. The first kappa shape index (κ1) is 24.0. The van der Waals surface area contributed by atoms with E-state index in [2.05, 4.69) is 45.5 Å². The van der Waals surface area contributed by atoms with Crippen LogP contribution in [0, 0.1) is 11.3 Å². The zero-order chi connectivity index (χ0) is 24.1. The van der Waals surface area contributed by atoms with E-state index in [1.807, 2.05) is 30.3 Å². The van der Waals surface area contributed by atoms with E-state index in [0.29, 0.717) is 16.5 Å². The first-order chi connectivity index (χ1) is 16.5. The van der Waals surface area contributed by atoms with Crippen LogP contribution in [0.3, 0.4) is 0 Å². The smallest absolute Gasteiger partial charge is 0.407 e. The Morgan fingerprint density at radius 1 is 1.06 bits per heavy atom. The molecule has 0 spiro atoms. The van der Waals surface area contributed by atoms with E-state index in [0.717, 1.165) is 27.8 Å². The zero-order valence-corrected chi connectivity index (χ0v) is 20.0. The Morgan fingerprint density at radius 2 is 1.71 bits per heavy atom. The molecule has 0 radical (unpaired) electrons. The summed E-state index contributed by atoms with van der Waals surface area (Å²) < 4.78 is 5.50. The number of nitriles is 1. The zero-order valence-electron chi connectivity index (χ0n) is 18.4. The van der Waals surface area contributed by atoms with Crippen LogP contribution in [0.15, 0.2) is 66.7 Å². The summed E-state index contributed by atoms with van der Waals surface area (Å²) in [4.78, 5) is 12.3. The van der Waals surface area contributed by atoms with Gasteiger partial charge < -0.3 is 20.3 Å². The molecule has 0 saturated heterocycles. The number of benzene rings is 3. The van der Waals surface area contributed by atoms with Gasteiger partial charge in [0, 0.05) is 17.8 Å². The summed E-state index contributed by atoms with van der Waals surface area (Å²) in [6.07, 6.45) is -2.73. The number of aliphatic hydroxyl groups is 2. The predicted molar refractivity (Wildman–Crippen MR) is 132 cm³/mol. The van der Waals surface area contributed by atoms with Crippen molar-refractivity contribution in [2.24, 2.45) is 0 Å². The molecule has 0 bridgehead atoms. The van der Waals surface area contributed by atoms with E-state index in [1.165, 1.54) is 0 Å². The molecule has 0 heterocycles. The Kier molecular flexibility index (Phi) is 7.63. The quantitative estimate of drug-likeness (QED) is 0.371. The van der Waals surface area contributed by atoms with Crippen LogP contribution in [-0.2, 0) is 10.1 Å². The molecule has 0 aromatic heterocycles. The van der Waals surface area contributed by atoms with Crippen molar-refractivity contribution in [2.75, 3.05) is 13.2 Å². The average Bonchev–Trinajstić information content (AvgIpc) is 3.20. The maximum Gasteiger partial charge on any atom is 0.407 e. The lowest BCUT2D eigenvalue weighted by molar-refractivity contribution is 0.0133. The van der Waals surface area contributed by atoms with Crippen LogP contribution < -0.4 is 5.32 Å². The minimum Gasteiger partial charge on any atom is -0.449 e. The van der Waals surface area contributed by atoms with Crippen LogP contribution in [-0.4, -0.2) is 35.6 Å². The van der Waals surface area contributed by atoms with Crippen LogP contribution in [0.5, 0.6) is 0 Å². The standard InChI is InChI=1S/C27H25BrN2O4/c28-14-18-10-9-17(15-29)13-23(18)26(32)25(31)11-12-30-27(33)34-16-24-21-7-3-1-5-19(21)20-6-2-4-8-22(20)24/h1-10,13,24-26,31-32H,11-12,14,16H2,(H,30,33). The van der Waals surface area contributed by atoms with E-state index in [4.69, 9.17) is 10.00 Å². The third kappa shape index (κ3) is 5.00. The second kappa shape index (κ2) is 10.8. The lowest BCUT2D eigenvalue weighted by atomic mass is 9.96. The van der Waals surface area contributed by atoms with Crippen molar-refractivity contribution < 1.29 is 19.7 Å². The third-order valence-corrected chi connectivity index (χ3v) is 6.76. The summed E-state index contributed by atoms with van der Waals surface area (Å²) in [5, 5.41) is 33.3. The average molecular weight is 521 g/mol. The van der Waals surface area contributed by atoms with Crippen molar-refractivity contribution in [3.05, 3.63) is 94.5 Å². The maximum absolute atomic E-state index is 12.3. The van der Waals surface area contributed by atoms with Gasteiger partial charge in [-0.2, -0.15) is 5.26 Å². The highest BCUT2D eigenvalue weighted by molar-refractivity contribution is 9.08. The summed E-state index contributed by atoms with van der Waals surface area (Å²) >= 11 is 3.36. The number of fused-ring (bicyclic) bond motifs is 3. The molecule has 174 valence electrons. The van der Waals surface area contributed by atoms with E-state index in [9.17, 15) is 15.0 Å². The molecule has 1 amide bonds. The molecule has 1 aliphatic rings. The molecule has 4 rings (SSSR count). The van der Waals surface area contributed by atoms with Gasteiger partial charge in [0.25, 0.3) is 0 Å². The number of alkyl carbamates (subject to hydrolysis) is 1. The molecule has 0 fully saturated rings. The van der Waals surface area contributed by atoms with Gasteiger partial charge in [0.1, 0.15) is 12.7 Å². The maximum atomic E-state index is 12.3. The van der Waals surface area contributed by atoms with Gasteiger partial charge in [-0.25, -0.2) is 4.79 Å². The van der Waals surface area contributed by atoms with Crippen LogP contribution in [0.4, 0.5) is 4.79 Å². The van der Waals surface area contributed by atoms with E-state index in [-0.39, 0.29) is 25.5 Å². The summed E-state index contributed by atoms with van der Waals surface area (Å²) in [6, 6.07) is 23.3. The van der Waals surface area contributed by atoms with Crippen LogP contribution in [0.2, 0.25) is 0 Å². The molecule has 34 heavy (non-hydrogen) atoms. The van der Waals surface area contributed by atoms with E-state index < -0.39 is 18.3 Å². The number of nitrogens with one attached hydrogen (secondary N) is 1. The highest BCUT2D eigenvalue weighted by Crippen LogP contribution is 2.44. The minimum atomic E-state index is -1.18. The number of nitrogens with zero attached hydrogens (tertiary/aromatic N) is 1. The first-order valence-corrected chi connectivity index (χ1v) is 12.2. The summed E-state index contributed by atoms with van der Waals surface area (Å²) in [5.41, 5.74) is 6.27. The number of hydrogen-bond acceptors (Lipinski definition) is 5. The number of carbonyl (C=O) groups is 1.